The van der Waals surface area contributed by atoms with Crippen molar-refractivity contribution < 1.29 is 17.9 Å². The van der Waals surface area contributed by atoms with Gasteiger partial charge < -0.3 is 10.1 Å². The van der Waals surface area contributed by atoms with Crippen LogP contribution in [0.2, 0.25) is 0 Å². The normalized spacial score (nSPS) is 12.6. The highest BCUT2D eigenvalue weighted by molar-refractivity contribution is 7.88. The molecule has 0 aromatic heterocycles. The summed E-state index contributed by atoms with van der Waals surface area (Å²) in [6.07, 6.45) is 1.17. The van der Waals surface area contributed by atoms with Gasteiger partial charge in [-0.1, -0.05) is 35.9 Å². The lowest BCUT2D eigenvalue weighted by atomic mass is 10.00. The predicted octanol–water partition coefficient (Wildman–Crippen LogP) is 2.95. The summed E-state index contributed by atoms with van der Waals surface area (Å²) in [5.41, 5.74) is 4.22. The van der Waals surface area contributed by atoms with E-state index in [9.17, 15) is 13.2 Å². The Hall–Kier alpha value is -2.38. The lowest BCUT2D eigenvalue weighted by molar-refractivity contribution is -0.123. The van der Waals surface area contributed by atoms with Crippen molar-refractivity contribution in [2.24, 2.45) is 0 Å². The largest absolute Gasteiger partial charge is 0.484 e. The predicted molar refractivity (Wildman–Crippen MR) is 111 cm³/mol. The average molecular weight is 405 g/mol. The molecule has 0 spiro atoms. The monoisotopic (exact) mass is 404 g/mol. The van der Waals surface area contributed by atoms with Gasteiger partial charge in [-0.3, -0.25) is 4.79 Å². The molecular formula is C21H28N2O4S. The molecule has 0 aliphatic rings. The second-order valence-corrected chi connectivity index (χ2v) is 9.19. The maximum absolute atomic E-state index is 12.2. The second kappa shape index (κ2) is 9.21. The number of nitrogens with zero attached hydrogens (tertiary/aromatic N) is 1. The molecule has 0 radical (unpaired) electrons. The third kappa shape index (κ3) is 6.35. The number of carbonyl (C=O) groups is 1. The first kappa shape index (κ1) is 21.9. The van der Waals surface area contributed by atoms with Crippen molar-refractivity contribution >= 4 is 15.9 Å². The number of hydrogen-bond acceptors (Lipinski definition) is 4. The smallest absolute Gasteiger partial charge is 0.258 e. The van der Waals surface area contributed by atoms with Crippen LogP contribution in [0.3, 0.4) is 0 Å². The minimum atomic E-state index is -3.22. The van der Waals surface area contributed by atoms with Crippen molar-refractivity contribution in [3.63, 3.8) is 0 Å². The van der Waals surface area contributed by atoms with E-state index in [0.717, 1.165) is 22.3 Å². The number of sulfonamides is 1. The highest BCUT2D eigenvalue weighted by Gasteiger charge is 2.13. The van der Waals surface area contributed by atoms with Crippen molar-refractivity contribution in [3.8, 4) is 5.75 Å². The van der Waals surface area contributed by atoms with Crippen molar-refractivity contribution in [3.05, 3.63) is 64.7 Å². The minimum absolute atomic E-state index is 0.0855. The number of rotatable bonds is 8. The van der Waals surface area contributed by atoms with Gasteiger partial charge in [0.25, 0.3) is 5.91 Å². The first-order valence-electron chi connectivity index (χ1n) is 9.06. The van der Waals surface area contributed by atoms with E-state index < -0.39 is 10.0 Å². The molecular weight excluding hydrogens is 376 g/mol. The van der Waals surface area contributed by atoms with Gasteiger partial charge in [-0.15, -0.1) is 0 Å². The molecule has 0 aliphatic carbocycles. The zero-order valence-corrected chi connectivity index (χ0v) is 17.8. The maximum atomic E-state index is 12.2. The Morgan fingerprint density at radius 2 is 1.79 bits per heavy atom. The van der Waals surface area contributed by atoms with Gasteiger partial charge in [-0.05, 0) is 49.6 Å². The summed E-state index contributed by atoms with van der Waals surface area (Å²) in [4.78, 5) is 12.2. The molecule has 1 amide bonds. The molecule has 1 N–H and O–H groups in total. The summed E-state index contributed by atoms with van der Waals surface area (Å²) in [6, 6.07) is 13.1. The van der Waals surface area contributed by atoms with Crippen molar-refractivity contribution in [1.29, 1.82) is 0 Å². The van der Waals surface area contributed by atoms with Gasteiger partial charge in [0.05, 0.1) is 12.3 Å². The number of hydrogen-bond donors (Lipinski definition) is 1. The first-order valence-corrected chi connectivity index (χ1v) is 10.9. The molecule has 2 rings (SSSR count). The minimum Gasteiger partial charge on any atom is -0.484 e. The Labute approximate surface area is 167 Å². The molecule has 6 nitrogen and oxygen atoms in total. The lowest BCUT2D eigenvalue weighted by Gasteiger charge is -2.18. The zero-order valence-electron chi connectivity index (χ0n) is 17.0. The molecule has 0 saturated heterocycles. The van der Waals surface area contributed by atoms with Crippen LogP contribution in [-0.2, 0) is 21.4 Å². The number of carbonyl (C=O) groups excluding carboxylic acids is 1. The zero-order chi connectivity index (χ0) is 20.9. The number of nitrogens with one attached hydrogen (secondary N) is 1. The van der Waals surface area contributed by atoms with Crippen LogP contribution in [0.25, 0.3) is 0 Å². The Bertz CT molecular complexity index is 924. The highest BCUT2D eigenvalue weighted by Crippen LogP contribution is 2.19. The van der Waals surface area contributed by atoms with E-state index in [1.54, 1.807) is 24.3 Å². The van der Waals surface area contributed by atoms with E-state index >= 15 is 0 Å². The van der Waals surface area contributed by atoms with Gasteiger partial charge in [-0.25, -0.2) is 12.7 Å². The van der Waals surface area contributed by atoms with Gasteiger partial charge in [0, 0.05) is 13.6 Å². The Morgan fingerprint density at radius 1 is 1.14 bits per heavy atom. The van der Waals surface area contributed by atoms with E-state index in [1.807, 2.05) is 32.9 Å². The van der Waals surface area contributed by atoms with E-state index in [2.05, 4.69) is 11.4 Å². The van der Waals surface area contributed by atoms with Crippen LogP contribution >= 0.6 is 0 Å². The Morgan fingerprint density at radius 3 is 2.39 bits per heavy atom. The van der Waals surface area contributed by atoms with Gasteiger partial charge in [0.1, 0.15) is 5.75 Å². The van der Waals surface area contributed by atoms with Crippen LogP contribution in [0.15, 0.2) is 42.5 Å². The quantitative estimate of drug-likeness (QED) is 0.734. The molecule has 0 heterocycles. The molecule has 152 valence electrons. The molecule has 2 aromatic carbocycles. The molecule has 1 atom stereocenters. The van der Waals surface area contributed by atoms with Gasteiger partial charge in [-0.2, -0.15) is 0 Å². The Balaban J connectivity index is 1.88. The molecule has 0 fully saturated rings. The fourth-order valence-electron chi connectivity index (χ4n) is 2.80. The Kier molecular flexibility index (Phi) is 7.21. The molecule has 7 heteroatoms. The highest BCUT2D eigenvalue weighted by atomic mass is 32.2. The number of ether oxygens (including phenoxy) is 1. The van der Waals surface area contributed by atoms with E-state index in [0.29, 0.717) is 5.75 Å². The maximum Gasteiger partial charge on any atom is 0.258 e. The van der Waals surface area contributed by atoms with Crippen LogP contribution in [0, 0.1) is 13.8 Å². The fourth-order valence-corrected chi connectivity index (χ4v) is 3.19. The SMILES string of the molecule is Cc1ccc(C)c(C(C)NC(=O)COc2ccc(CN(C)S(C)(=O)=O)cc2)c1. The van der Waals surface area contributed by atoms with Crippen LogP contribution in [0.1, 0.15) is 35.2 Å². The summed E-state index contributed by atoms with van der Waals surface area (Å²) in [5.74, 6) is 0.356. The van der Waals surface area contributed by atoms with Crippen LogP contribution in [0.4, 0.5) is 0 Å². The summed E-state index contributed by atoms with van der Waals surface area (Å²) in [5, 5.41) is 2.95. The second-order valence-electron chi connectivity index (χ2n) is 7.10. The van der Waals surface area contributed by atoms with E-state index in [4.69, 9.17) is 4.74 Å². The van der Waals surface area contributed by atoms with E-state index in [1.165, 1.54) is 17.6 Å². The molecule has 1 unspecified atom stereocenters. The van der Waals surface area contributed by atoms with Crippen molar-refractivity contribution in [2.45, 2.75) is 33.4 Å². The third-order valence-corrected chi connectivity index (χ3v) is 5.80. The van der Waals surface area contributed by atoms with Crippen LogP contribution < -0.4 is 10.1 Å². The topological polar surface area (TPSA) is 75.7 Å². The molecule has 2 aromatic rings. The lowest BCUT2D eigenvalue weighted by Crippen LogP contribution is -2.31. The van der Waals surface area contributed by atoms with Gasteiger partial charge in [0.15, 0.2) is 6.61 Å². The molecule has 28 heavy (non-hydrogen) atoms. The molecule has 0 bridgehead atoms. The van der Waals surface area contributed by atoms with Crippen LogP contribution in [-0.4, -0.2) is 38.5 Å². The summed E-state index contributed by atoms with van der Waals surface area (Å²) in [7, 11) is -1.69. The summed E-state index contributed by atoms with van der Waals surface area (Å²) in [6.45, 7) is 6.20. The number of amides is 1. The first-order chi connectivity index (χ1) is 13.1. The number of benzene rings is 2. The summed E-state index contributed by atoms with van der Waals surface area (Å²) >= 11 is 0. The standard InChI is InChI=1S/C21H28N2O4S/c1-15-6-7-16(2)20(12-15)17(3)22-21(24)14-27-19-10-8-18(9-11-19)13-23(4)28(5,25)26/h6-12,17H,13-14H2,1-5H3,(H,22,24). The van der Waals surface area contributed by atoms with Crippen molar-refractivity contribution in [2.75, 3.05) is 19.9 Å². The average Bonchev–Trinajstić information content (AvgIpc) is 2.62. The summed E-state index contributed by atoms with van der Waals surface area (Å²) < 4.78 is 29.7. The van der Waals surface area contributed by atoms with E-state index in [-0.39, 0.29) is 25.1 Å². The third-order valence-electron chi connectivity index (χ3n) is 4.54. The fraction of sp³-hybridized carbons (Fsp3) is 0.381. The number of aryl methyl sites for hydroxylation is 2. The van der Waals surface area contributed by atoms with Gasteiger partial charge >= 0.3 is 0 Å². The van der Waals surface area contributed by atoms with Crippen LogP contribution in [0.5, 0.6) is 5.75 Å². The van der Waals surface area contributed by atoms with Crippen molar-refractivity contribution in [1.82, 2.24) is 9.62 Å². The molecule has 0 saturated carbocycles. The molecule has 0 aliphatic heterocycles. The van der Waals surface area contributed by atoms with Gasteiger partial charge in [0.2, 0.25) is 10.0 Å².